The zero-order chi connectivity index (χ0) is 11.5. The van der Waals surface area contributed by atoms with Crippen molar-refractivity contribution in [1.29, 1.82) is 0 Å². The van der Waals surface area contributed by atoms with E-state index in [0.717, 1.165) is 25.3 Å². The molecule has 0 aliphatic carbocycles. The Morgan fingerprint density at radius 3 is 3.00 bits per heavy atom. The lowest BCUT2D eigenvalue weighted by molar-refractivity contribution is 0.395. The number of halogens is 1. The molecular weight excluding hydrogens is 270 g/mol. The molecule has 0 N–H and O–H groups in total. The molecule has 4 nitrogen and oxygen atoms in total. The zero-order valence-corrected chi connectivity index (χ0v) is 11.1. The molecule has 0 aromatic carbocycles. The van der Waals surface area contributed by atoms with Crippen LogP contribution in [0.4, 0.5) is 5.82 Å². The molecule has 0 bridgehead atoms. The summed E-state index contributed by atoms with van der Waals surface area (Å²) in [5.74, 6) is 2.21. The molecule has 1 fully saturated rings. The fourth-order valence-electron chi connectivity index (χ4n) is 1.94. The molecule has 2 unspecified atom stereocenters. The van der Waals surface area contributed by atoms with Crippen molar-refractivity contribution in [1.82, 2.24) is 9.97 Å². The van der Waals surface area contributed by atoms with Crippen LogP contribution in [0.25, 0.3) is 0 Å². The van der Waals surface area contributed by atoms with Crippen LogP contribution in [0.15, 0.2) is 12.4 Å². The summed E-state index contributed by atoms with van der Waals surface area (Å²) in [5, 5.41) is 0. The quantitative estimate of drug-likeness (QED) is 0.780. The standard InChI is InChI=1S/C11H16BrN3O/c1-8-6-15(4-3-9(8)12)10-5-11(16-2)14-7-13-10/h5,7-9H,3-4,6H2,1-2H3. The Morgan fingerprint density at radius 1 is 1.50 bits per heavy atom. The van der Waals surface area contributed by atoms with Crippen molar-refractivity contribution in [2.45, 2.75) is 18.2 Å². The summed E-state index contributed by atoms with van der Waals surface area (Å²) in [4.78, 5) is 11.2. The Bertz CT molecular complexity index is 361. The molecule has 0 radical (unpaired) electrons. The smallest absolute Gasteiger partial charge is 0.218 e. The third kappa shape index (κ3) is 2.45. The van der Waals surface area contributed by atoms with E-state index in [1.807, 2.05) is 6.07 Å². The van der Waals surface area contributed by atoms with E-state index in [9.17, 15) is 0 Å². The van der Waals surface area contributed by atoms with Crippen LogP contribution in [0.3, 0.4) is 0 Å². The van der Waals surface area contributed by atoms with Gasteiger partial charge in [0.25, 0.3) is 0 Å². The van der Waals surface area contributed by atoms with Gasteiger partial charge in [-0.3, -0.25) is 0 Å². The molecule has 0 spiro atoms. The molecule has 1 saturated heterocycles. The van der Waals surface area contributed by atoms with Crippen LogP contribution in [0.5, 0.6) is 5.88 Å². The third-order valence-electron chi connectivity index (χ3n) is 2.96. The van der Waals surface area contributed by atoms with E-state index >= 15 is 0 Å². The predicted octanol–water partition coefficient (Wildman–Crippen LogP) is 2.09. The van der Waals surface area contributed by atoms with E-state index in [1.54, 1.807) is 13.4 Å². The molecule has 0 amide bonds. The summed E-state index contributed by atoms with van der Waals surface area (Å²) in [6, 6.07) is 1.89. The van der Waals surface area contributed by atoms with Gasteiger partial charge in [-0.05, 0) is 12.3 Å². The van der Waals surface area contributed by atoms with Crippen LogP contribution in [0.1, 0.15) is 13.3 Å². The lowest BCUT2D eigenvalue weighted by atomic mass is 10.0. The Hall–Kier alpha value is -0.840. The van der Waals surface area contributed by atoms with Gasteiger partial charge < -0.3 is 9.64 Å². The Labute approximate surface area is 104 Å². The van der Waals surface area contributed by atoms with Gasteiger partial charge in [0.05, 0.1) is 7.11 Å². The Kier molecular flexibility index (Phi) is 3.63. The molecule has 1 aliphatic heterocycles. The van der Waals surface area contributed by atoms with Crippen LogP contribution in [-0.4, -0.2) is 35.0 Å². The highest BCUT2D eigenvalue weighted by Gasteiger charge is 2.24. The maximum absolute atomic E-state index is 5.11. The fourth-order valence-corrected chi connectivity index (χ4v) is 2.31. The van der Waals surface area contributed by atoms with Gasteiger partial charge >= 0.3 is 0 Å². The van der Waals surface area contributed by atoms with Crippen molar-refractivity contribution in [3.63, 3.8) is 0 Å². The lowest BCUT2D eigenvalue weighted by Crippen LogP contribution is -2.40. The average Bonchev–Trinajstić information content (AvgIpc) is 2.33. The van der Waals surface area contributed by atoms with Crippen molar-refractivity contribution < 1.29 is 4.74 Å². The van der Waals surface area contributed by atoms with E-state index in [1.165, 1.54) is 0 Å². The first-order valence-corrected chi connectivity index (χ1v) is 6.37. The zero-order valence-electron chi connectivity index (χ0n) is 9.56. The van der Waals surface area contributed by atoms with Gasteiger partial charge in [-0.1, -0.05) is 22.9 Å². The lowest BCUT2D eigenvalue weighted by Gasteiger charge is -2.35. The molecule has 0 saturated carbocycles. The van der Waals surface area contributed by atoms with E-state index in [4.69, 9.17) is 4.74 Å². The maximum atomic E-state index is 5.11. The number of hydrogen-bond acceptors (Lipinski definition) is 4. The van der Waals surface area contributed by atoms with E-state index in [2.05, 4.69) is 37.7 Å². The molecule has 1 aliphatic rings. The van der Waals surface area contributed by atoms with Crippen LogP contribution in [0, 0.1) is 5.92 Å². The molecule has 5 heteroatoms. The Morgan fingerprint density at radius 2 is 2.31 bits per heavy atom. The van der Waals surface area contributed by atoms with Gasteiger partial charge in [-0.2, -0.15) is 0 Å². The van der Waals surface area contributed by atoms with E-state index in [-0.39, 0.29) is 0 Å². The third-order valence-corrected chi connectivity index (χ3v) is 4.32. The second-order valence-electron chi connectivity index (χ2n) is 4.15. The SMILES string of the molecule is COc1cc(N2CCC(Br)C(C)C2)ncn1. The second-order valence-corrected chi connectivity index (χ2v) is 5.32. The second kappa shape index (κ2) is 4.99. The van der Waals surface area contributed by atoms with Crippen LogP contribution < -0.4 is 9.64 Å². The van der Waals surface area contributed by atoms with Crippen molar-refractivity contribution in [3.05, 3.63) is 12.4 Å². The van der Waals surface area contributed by atoms with Crippen LogP contribution in [0.2, 0.25) is 0 Å². The number of ether oxygens (including phenoxy) is 1. The minimum Gasteiger partial charge on any atom is -0.481 e. The molecule has 88 valence electrons. The minimum absolute atomic E-state index is 0.618. The fraction of sp³-hybridized carbons (Fsp3) is 0.636. The first-order valence-electron chi connectivity index (χ1n) is 5.45. The maximum Gasteiger partial charge on any atom is 0.218 e. The molecule has 1 aromatic heterocycles. The van der Waals surface area contributed by atoms with Crippen LogP contribution in [-0.2, 0) is 0 Å². The molecule has 2 rings (SSSR count). The predicted molar refractivity (Wildman–Crippen MR) is 67.3 cm³/mol. The summed E-state index contributed by atoms with van der Waals surface area (Å²) in [6.07, 6.45) is 2.70. The summed E-state index contributed by atoms with van der Waals surface area (Å²) in [6.45, 7) is 4.31. The van der Waals surface area contributed by atoms with E-state index in [0.29, 0.717) is 16.6 Å². The molecule has 16 heavy (non-hydrogen) atoms. The normalized spacial score (nSPS) is 25.6. The average molecular weight is 286 g/mol. The first-order chi connectivity index (χ1) is 7.70. The molecular formula is C11H16BrN3O. The molecule has 1 aromatic rings. The highest BCUT2D eigenvalue weighted by molar-refractivity contribution is 9.09. The summed E-state index contributed by atoms with van der Waals surface area (Å²) in [7, 11) is 1.62. The highest BCUT2D eigenvalue weighted by Crippen LogP contribution is 2.27. The Balaban J connectivity index is 2.12. The summed E-state index contributed by atoms with van der Waals surface area (Å²) < 4.78 is 5.11. The highest BCUT2D eigenvalue weighted by atomic mass is 79.9. The number of anilines is 1. The van der Waals surface area contributed by atoms with Gasteiger partial charge in [0.1, 0.15) is 12.1 Å². The number of aromatic nitrogens is 2. The topological polar surface area (TPSA) is 38.2 Å². The van der Waals surface area contributed by atoms with Crippen molar-refractivity contribution in [2.75, 3.05) is 25.1 Å². The number of piperidine rings is 1. The number of hydrogen-bond donors (Lipinski definition) is 0. The first kappa shape index (κ1) is 11.6. The summed E-state index contributed by atoms with van der Waals surface area (Å²) >= 11 is 3.70. The van der Waals surface area contributed by atoms with Gasteiger partial charge in [0.15, 0.2) is 0 Å². The van der Waals surface area contributed by atoms with Crippen molar-refractivity contribution >= 4 is 21.7 Å². The number of methoxy groups -OCH3 is 1. The van der Waals surface area contributed by atoms with Crippen molar-refractivity contribution in [3.8, 4) is 5.88 Å². The molecule has 2 atom stereocenters. The van der Waals surface area contributed by atoms with Crippen LogP contribution >= 0.6 is 15.9 Å². The molecule has 2 heterocycles. The van der Waals surface area contributed by atoms with E-state index < -0.39 is 0 Å². The van der Waals surface area contributed by atoms with Gasteiger partial charge in [-0.25, -0.2) is 9.97 Å². The minimum atomic E-state index is 0.618. The number of nitrogens with zero attached hydrogens (tertiary/aromatic N) is 3. The monoisotopic (exact) mass is 285 g/mol. The largest absolute Gasteiger partial charge is 0.481 e. The van der Waals surface area contributed by atoms with Gasteiger partial charge in [0, 0.05) is 24.0 Å². The van der Waals surface area contributed by atoms with Gasteiger partial charge in [0.2, 0.25) is 5.88 Å². The number of rotatable bonds is 2. The van der Waals surface area contributed by atoms with Crippen molar-refractivity contribution in [2.24, 2.45) is 5.92 Å². The number of alkyl halides is 1. The summed E-state index contributed by atoms with van der Waals surface area (Å²) in [5.41, 5.74) is 0. The van der Waals surface area contributed by atoms with Gasteiger partial charge in [-0.15, -0.1) is 0 Å².